The van der Waals surface area contributed by atoms with Gasteiger partial charge < -0.3 is 15.8 Å². The Morgan fingerprint density at radius 3 is 2.84 bits per heavy atom. The molecule has 5 heteroatoms. The molecule has 4 nitrogen and oxygen atoms in total. The van der Waals surface area contributed by atoms with E-state index in [0.717, 1.165) is 25.7 Å². The zero-order chi connectivity index (χ0) is 13.8. The van der Waals surface area contributed by atoms with Crippen molar-refractivity contribution in [2.75, 3.05) is 7.11 Å². The monoisotopic (exact) mass is 282 g/mol. The van der Waals surface area contributed by atoms with Gasteiger partial charge in [-0.15, -0.1) is 0 Å². The van der Waals surface area contributed by atoms with Crippen molar-refractivity contribution in [3.63, 3.8) is 0 Å². The highest BCUT2D eigenvalue weighted by Gasteiger charge is 2.24. The summed E-state index contributed by atoms with van der Waals surface area (Å²) in [6, 6.07) is 5.07. The van der Waals surface area contributed by atoms with Crippen molar-refractivity contribution in [1.29, 1.82) is 0 Å². The Hall–Kier alpha value is -1.26. The molecule has 1 saturated carbocycles. The van der Waals surface area contributed by atoms with Gasteiger partial charge in [-0.3, -0.25) is 4.79 Å². The average molecular weight is 283 g/mol. The molecule has 0 saturated heterocycles. The third-order valence-corrected chi connectivity index (χ3v) is 3.78. The van der Waals surface area contributed by atoms with E-state index < -0.39 is 0 Å². The van der Waals surface area contributed by atoms with Crippen LogP contribution in [0.3, 0.4) is 0 Å². The van der Waals surface area contributed by atoms with Crippen LogP contribution in [0.25, 0.3) is 0 Å². The zero-order valence-corrected chi connectivity index (χ0v) is 11.7. The number of nitrogens with two attached hydrogens (primary N) is 1. The molecule has 2 rings (SSSR count). The highest BCUT2D eigenvalue weighted by Crippen LogP contribution is 2.23. The Bertz CT molecular complexity index is 465. The summed E-state index contributed by atoms with van der Waals surface area (Å²) < 4.78 is 5.19. The van der Waals surface area contributed by atoms with Gasteiger partial charge in [0.05, 0.1) is 12.7 Å². The molecule has 1 aliphatic rings. The summed E-state index contributed by atoms with van der Waals surface area (Å²) in [6.07, 6.45) is 4.12. The number of carbonyl (C=O) groups is 1. The van der Waals surface area contributed by atoms with Gasteiger partial charge in [0.15, 0.2) is 0 Å². The van der Waals surface area contributed by atoms with Gasteiger partial charge in [0.2, 0.25) is 0 Å². The van der Waals surface area contributed by atoms with Crippen molar-refractivity contribution in [3.05, 3.63) is 28.8 Å². The second-order valence-corrected chi connectivity index (χ2v) is 5.31. The van der Waals surface area contributed by atoms with E-state index >= 15 is 0 Å². The fourth-order valence-corrected chi connectivity index (χ4v) is 2.61. The minimum Gasteiger partial charge on any atom is -0.496 e. The van der Waals surface area contributed by atoms with Gasteiger partial charge in [0.1, 0.15) is 5.75 Å². The number of nitrogens with one attached hydrogen (secondary N) is 1. The molecule has 0 aliphatic heterocycles. The first-order chi connectivity index (χ1) is 9.11. The summed E-state index contributed by atoms with van der Waals surface area (Å²) in [5.41, 5.74) is 6.49. The summed E-state index contributed by atoms with van der Waals surface area (Å²) in [5.74, 6) is 0.341. The highest BCUT2D eigenvalue weighted by molar-refractivity contribution is 6.31. The lowest BCUT2D eigenvalue weighted by Crippen LogP contribution is -2.49. The number of hydrogen-bond donors (Lipinski definition) is 2. The molecule has 1 aromatic carbocycles. The third-order valence-electron chi connectivity index (χ3n) is 3.54. The summed E-state index contributed by atoms with van der Waals surface area (Å²) in [6.45, 7) is 0. The normalized spacial score (nSPS) is 22.9. The number of amides is 1. The summed E-state index contributed by atoms with van der Waals surface area (Å²) in [7, 11) is 1.53. The average Bonchev–Trinajstić information content (AvgIpc) is 2.41. The molecule has 1 amide bonds. The molecule has 1 aliphatic carbocycles. The van der Waals surface area contributed by atoms with E-state index in [2.05, 4.69) is 5.32 Å². The minimum atomic E-state index is -0.179. The zero-order valence-electron chi connectivity index (χ0n) is 11.0. The molecule has 2 unspecified atom stereocenters. The lowest BCUT2D eigenvalue weighted by atomic mass is 9.91. The summed E-state index contributed by atoms with van der Waals surface area (Å²) in [4.78, 5) is 12.3. The van der Waals surface area contributed by atoms with Crippen LogP contribution < -0.4 is 15.8 Å². The maximum atomic E-state index is 12.3. The first kappa shape index (κ1) is 14.2. The van der Waals surface area contributed by atoms with Crippen LogP contribution in [0.5, 0.6) is 5.75 Å². The molecule has 3 N–H and O–H groups in total. The Labute approximate surface area is 118 Å². The van der Waals surface area contributed by atoms with Crippen LogP contribution in [0.15, 0.2) is 18.2 Å². The standard InChI is InChI=1S/C14H19ClN2O2/c1-19-13-7-6-9(15)8-10(13)14(18)17-12-5-3-2-4-11(12)16/h6-8,11-12H,2-5,16H2,1H3,(H,17,18). The van der Waals surface area contributed by atoms with Crippen LogP contribution in [0.4, 0.5) is 0 Å². The van der Waals surface area contributed by atoms with Crippen LogP contribution in [0.2, 0.25) is 5.02 Å². The van der Waals surface area contributed by atoms with Crippen LogP contribution in [-0.4, -0.2) is 25.1 Å². The number of ether oxygens (including phenoxy) is 1. The van der Waals surface area contributed by atoms with Crippen molar-refractivity contribution in [1.82, 2.24) is 5.32 Å². The second-order valence-electron chi connectivity index (χ2n) is 4.87. The maximum Gasteiger partial charge on any atom is 0.255 e. The van der Waals surface area contributed by atoms with E-state index in [1.54, 1.807) is 18.2 Å². The Balaban J connectivity index is 2.13. The van der Waals surface area contributed by atoms with Gasteiger partial charge in [-0.2, -0.15) is 0 Å². The van der Waals surface area contributed by atoms with Crippen LogP contribution >= 0.6 is 11.6 Å². The van der Waals surface area contributed by atoms with Gasteiger partial charge in [-0.25, -0.2) is 0 Å². The smallest absolute Gasteiger partial charge is 0.255 e. The predicted molar refractivity (Wildman–Crippen MR) is 75.7 cm³/mol. The van der Waals surface area contributed by atoms with E-state index in [1.807, 2.05) is 0 Å². The molecular formula is C14H19ClN2O2. The first-order valence-corrected chi connectivity index (χ1v) is 6.89. The highest BCUT2D eigenvalue weighted by atomic mass is 35.5. The summed E-state index contributed by atoms with van der Waals surface area (Å²) in [5, 5.41) is 3.50. The predicted octanol–water partition coefficient (Wildman–Crippen LogP) is 2.35. The fraction of sp³-hybridized carbons (Fsp3) is 0.500. The van der Waals surface area contributed by atoms with Gasteiger partial charge in [-0.1, -0.05) is 24.4 Å². The van der Waals surface area contributed by atoms with Gasteiger partial charge >= 0.3 is 0 Å². The summed E-state index contributed by atoms with van der Waals surface area (Å²) >= 11 is 5.93. The van der Waals surface area contributed by atoms with Crippen molar-refractivity contribution in [3.8, 4) is 5.75 Å². The van der Waals surface area contributed by atoms with E-state index in [-0.39, 0.29) is 18.0 Å². The van der Waals surface area contributed by atoms with Crippen molar-refractivity contribution < 1.29 is 9.53 Å². The first-order valence-electron chi connectivity index (χ1n) is 6.52. The minimum absolute atomic E-state index is 0.0304. The second kappa shape index (κ2) is 6.26. The molecule has 19 heavy (non-hydrogen) atoms. The number of benzene rings is 1. The Kier molecular flexibility index (Phi) is 4.66. The number of hydrogen-bond acceptors (Lipinski definition) is 3. The van der Waals surface area contributed by atoms with Crippen molar-refractivity contribution >= 4 is 17.5 Å². The Morgan fingerprint density at radius 1 is 1.42 bits per heavy atom. The topological polar surface area (TPSA) is 64.3 Å². The van der Waals surface area contributed by atoms with E-state index in [4.69, 9.17) is 22.1 Å². The molecule has 0 heterocycles. The van der Waals surface area contributed by atoms with E-state index in [1.165, 1.54) is 7.11 Å². The number of halogens is 1. The SMILES string of the molecule is COc1ccc(Cl)cc1C(=O)NC1CCCCC1N. The van der Waals surface area contributed by atoms with Gasteiger partial charge in [0, 0.05) is 17.1 Å². The fourth-order valence-electron chi connectivity index (χ4n) is 2.44. The number of rotatable bonds is 3. The van der Waals surface area contributed by atoms with E-state index in [0.29, 0.717) is 16.3 Å². The van der Waals surface area contributed by atoms with E-state index in [9.17, 15) is 4.79 Å². The van der Waals surface area contributed by atoms with Gasteiger partial charge in [0.25, 0.3) is 5.91 Å². The molecule has 1 aromatic rings. The molecule has 1 fully saturated rings. The number of carbonyl (C=O) groups excluding carboxylic acids is 1. The molecule has 0 aromatic heterocycles. The third kappa shape index (κ3) is 3.39. The van der Waals surface area contributed by atoms with Gasteiger partial charge in [-0.05, 0) is 31.0 Å². The molecule has 104 valence electrons. The Morgan fingerprint density at radius 2 is 2.16 bits per heavy atom. The molecule has 2 atom stereocenters. The largest absolute Gasteiger partial charge is 0.496 e. The molecular weight excluding hydrogens is 264 g/mol. The van der Waals surface area contributed by atoms with Crippen molar-refractivity contribution in [2.24, 2.45) is 5.73 Å². The molecule has 0 spiro atoms. The quantitative estimate of drug-likeness (QED) is 0.894. The lowest BCUT2D eigenvalue weighted by Gasteiger charge is -2.29. The van der Waals surface area contributed by atoms with Crippen LogP contribution in [0, 0.1) is 0 Å². The lowest BCUT2D eigenvalue weighted by molar-refractivity contribution is 0.0918. The van der Waals surface area contributed by atoms with Crippen LogP contribution in [-0.2, 0) is 0 Å². The van der Waals surface area contributed by atoms with Crippen LogP contribution in [0.1, 0.15) is 36.0 Å². The molecule has 0 bridgehead atoms. The number of methoxy groups -OCH3 is 1. The maximum absolute atomic E-state index is 12.3. The molecule has 0 radical (unpaired) electrons. The van der Waals surface area contributed by atoms with Crippen molar-refractivity contribution in [2.45, 2.75) is 37.8 Å².